The van der Waals surface area contributed by atoms with Gasteiger partial charge in [0, 0.05) is 44.4 Å². The van der Waals surface area contributed by atoms with Crippen LogP contribution < -0.4 is 5.69 Å². The number of pyridine rings is 1. The van der Waals surface area contributed by atoms with Crippen molar-refractivity contribution in [1.82, 2.24) is 28.6 Å². The predicted octanol–water partition coefficient (Wildman–Crippen LogP) is 3.37. The van der Waals surface area contributed by atoms with Crippen LogP contribution in [0, 0.1) is 5.41 Å². The molecule has 5 heterocycles. The van der Waals surface area contributed by atoms with Crippen LogP contribution in [0.2, 0.25) is 5.02 Å². The molecule has 186 valence electrons. The zero-order valence-corrected chi connectivity index (χ0v) is 21.1. The lowest BCUT2D eigenvalue weighted by Gasteiger charge is -2.41. The smallest absolute Gasteiger partial charge is 0.337 e. The van der Waals surface area contributed by atoms with Crippen molar-refractivity contribution in [2.45, 2.75) is 37.6 Å². The average Bonchev–Trinajstić information content (AvgIpc) is 3.11. The maximum Gasteiger partial charge on any atom is 0.337 e. The van der Waals surface area contributed by atoms with Crippen molar-refractivity contribution in [3.8, 4) is 5.69 Å². The Morgan fingerprint density at radius 2 is 2.00 bits per heavy atom. The number of hydrogen-bond donors (Lipinski definition) is 0. The van der Waals surface area contributed by atoms with E-state index in [-0.39, 0.29) is 11.1 Å². The number of ether oxygens (including phenoxy) is 1. The molecule has 0 atom stereocenters. The number of likely N-dealkylation sites (tertiary alicyclic amines) is 1. The summed E-state index contributed by atoms with van der Waals surface area (Å²) < 4.78 is 11.0. The fourth-order valence-corrected chi connectivity index (χ4v) is 6.23. The molecule has 3 fully saturated rings. The monoisotopic (exact) mass is 504 g/mol. The van der Waals surface area contributed by atoms with E-state index in [1.807, 2.05) is 42.2 Å². The zero-order valence-electron chi connectivity index (χ0n) is 20.4. The van der Waals surface area contributed by atoms with E-state index in [1.54, 1.807) is 15.3 Å². The Balaban J connectivity index is 1.22. The summed E-state index contributed by atoms with van der Waals surface area (Å²) in [6.45, 7) is 4.34. The van der Waals surface area contributed by atoms with Crippen LogP contribution in [0.15, 0.2) is 53.8 Å². The molecule has 2 aliphatic heterocycles. The minimum Gasteiger partial charge on any atom is -0.379 e. The third-order valence-electron chi connectivity index (χ3n) is 8.45. The Hall–Kier alpha value is -2.94. The predicted molar refractivity (Wildman–Crippen MR) is 137 cm³/mol. The quantitative estimate of drug-likeness (QED) is 0.403. The van der Waals surface area contributed by atoms with E-state index in [0.29, 0.717) is 23.7 Å². The van der Waals surface area contributed by atoms with Gasteiger partial charge in [-0.3, -0.25) is 13.9 Å². The SMILES string of the molecule is Cn1cnnc1CC1(c2cccc(-n3cc4c(Cl)cc(CN5CCC6(CC6)C5)cn4c3=O)c2)COC1. The molecule has 7 rings (SSSR count). The molecule has 0 bridgehead atoms. The molecule has 1 spiro atoms. The molecule has 3 aromatic heterocycles. The van der Waals surface area contributed by atoms with E-state index in [2.05, 4.69) is 27.2 Å². The van der Waals surface area contributed by atoms with Crippen LogP contribution in [0.1, 0.15) is 36.2 Å². The summed E-state index contributed by atoms with van der Waals surface area (Å²) in [5.41, 5.74) is 4.03. The average molecular weight is 505 g/mol. The van der Waals surface area contributed by atoms with Crippen molar-refractivity contribution in [3.63, 3.8) is 0 Å². The molecule has 8 nitrogen and oxygen atoms in total. The summed E-state index contributed by atoms with van der Waals surface area (Å²) >= 11 is 6.70. The molecule has 4 aromatic rings. The number of aryl methyl sites for hydroxylation is 1. The Labute approximate surface area is 214 Å². The van der Waals surface area contributed by atoms with Gasteiger partial charge in [-0.15, -0.1) is 10.2 Å². The largest absolute Gasteiger partial charge is 0.379 e. The molecule has 0 amide bonds. The molecule has 0 N–H and O–H groups in total. The first kappa shape index (κ1) is 22.3. The van der Waals surface area contributed by atoms with E-state index in [1.165, 1.54) is 19.3 Å². The Morgan fingerprint density at radius 1 is 1.14 bits per heavy atom. The first-order chi connectivity index (χ1) is 17.4. The van der Waals surface area contributed by atoms with Crippen molar-refractivity contribution in [3.05, 3.63) is 81.5 Å². The second kappa shape index (κ2) is 8.03. The number of fused-ring (bicyclic) bond motifs is 1. The number of benzene rings is 1. The van der Waals surface area contributed by atoms with Crippen LogP contribution in [0.4, 0.5) is 0 Å². The van der Waals surface area contributed by atoms with Gasteiger partial charge in [-0.05, 0) is 60.5 Å². The molecule has 2 saturated heterocycles. The first-order valence-electron chi connectivity index (χ1n) is 12.6. The summed E-state index contributed by atoms with van der Waals surface area (Å²) in [5.74, 6) is 0.917. The number of imidazole rings is 1. The Kier molecular flexibility index (Phi) is 4.97. The molecule has 1 saturated carbocycles. The zero-order chi connectivity index (χ0) is 24.5. The second-order valence-electron chi connectivity index (χ2n) is 11.1. The number of rotatable bonds is 6. The minimum absolute atomic E-state index is 0.113. The normalized spacial score (nSPS) is 20.3. The van der Waals surface area contributed by atoms with Gasteiger partial charge in [0.1, 0.15) is 12.2 Å². The van der Waals surface area contributed by atoms with E-state index in [9.17, 15) is 4.79 Å². The molecule has 1 aliphatic carbocycles. The standard InChI is InChI=1S/C27H29ClN6O2/c1-31-18-29-30-24(31)11-27(16-36-17-27)20-3-2-4-21(10-20)33-14-23-22(28)9-19(13-34(23)25(33)35)12-32-8-7-26(15-32)5-6-26/h2-4,9-10,13-14,18H,5-8,11-12,15-17H2,1H3. The van der Waals surface area contributed by atoms with Crippen LogP contribution in [-0.4, -0.2) is 54.9 Å². The molecular formula is C27H29ClN6O2. The summed E-state index contributed by atoms with van der Waals surface area (Å²) in [7, 11) is 1.96. The van der Waals surface area contributed by atoms with Gasteiger partial charge < -0.3 is 9.30 Å². The van der Waals surface area contributed by atoms with Gasteiger partial charge in [0.25, 0.3) is 0 Å². The summed E-state index contributed by atoms with van der Waals surface area (Å²) in [6, 6.07) is 10.2. The molecule has 3 aliphatic rings. The molecular weight excluding hydrogens is 476 g/mol. The van der Waals surface area contributed by atoms with Crippen molar-refractivity contribution >= 4 is 17.1 Å². The lowest BCUT2D eigenvalue weighted by molar-refractivity contribution is -0.0611. The molecule has 0 radical (unpaired) electrons. The van der Waals surface area contributed by atoms with Gasteiger partial charge in [0.05, 0.1) is 29.4 Å². The number of halogens is 1. The van der Waals surface area contributed by atoms with Crippen LogP contribution in [0.5, 0.6) is 0 Å². The fourth-order valence-electron chi connectivity index (χ4n) is 5.95. The van der Waals surface area contributed by atoms with Crippen molar-refractivity contribution < 1.29 is 4.74 Å². The summed E-state index contributed by atoms with van der Waals surface area (Å²) in [6.07, 6.45) is 10.3. The lowest BCUT2D eigenvalue weighted by atomic mass is 9.75. The van der Waals surface area contributed by atoms with Crippen LogP contribution in [0.3, 0.4) is 0 Å². The van der Waals surface area contributed by atoms with Gasteiger partial charge in [-0.1, -0.05) is 23.7 Å². The van der Waals surface area contributed by atoms with Gasteiger partial charge in [-0.2, -0.15) is 0 Å². The van der Waals surface area contributed by atoms with Gasteiger partial charge in [-0.25, -0.2) is 4.79 Å². The highest BCUT2D eigenvalue weighted by Gasteiger charge is 2.47. The highest BCUT2D eigenvalue weighted by atomic mass is 35.5. The molecule has 1 aromatic carbocycles. The Morgan fingerprint density at radius 3 is 2.69 bits per heavy atom. The number of nitrogens with zero attached hydrogens (tertiary/aromatic N) is 6. The maximum atomic E-state index is 13.5. The van der Waals surface area contributed by atoms with E-state index in [0.717, 1.165) is 54.2 Å². The number of aromatic nitrogens is 5. The molecule has 0 unspecified atom stereocenters. The van der Waals surface area contributed by atoms with Crippen molar-refractivity contribution in [1.29, 1.82) is 0 Å². The van der Waals surface area contributed by atoms with Gasteiger partial charge in [0.15, 0.2) is 0 Å². The summed E-state index contributed by atoms with van der Waals surface area (Å²) in [5, 5.41) is 8.91. The van der Waals surface area contributed by atoms with Crippen LogP contribution >= 0.6 is 11.6 Å². The number of hydrogen-bond acceptors (Lipinski definition) is 5. The molecule has 36 heavy (non-hydrogen) atoms. The molecule has 9 heteroatoms. The highest BCUT2D eigenvalue weighted by molar-refractivity contribution is 6.33. The van der Waals surface area contributed by atoms with Gasteiger partial charge >= 0.3 is 5.69 Å². The fraction of sp³-hybridized carbons (Fsp3) is 0.444. The maximum absolute atomic E-state index is 13.5. The Bertz CT molecular complexity index is 1530. The van der Waals surface area contributed by atoms with Crippen molar-refractivity contribution in [2.24, 2.45) is 12.5 Å². The minimum atomic E-state index is -0.182. The second-order valence-corrected chi connectivity index (χ2v) is 11.5. The third kappa shape index (κ3) is 3.62. The van der Waals surface area contributed by atoms with Crippen LogP contribution in [0.25, 0.3) is 11.2 Å². The lowest BCUT2D eigenvalue weighted by Crippen LogP contribution is -2.49. The third-order valence-corrected chi connectivity index (χ3v) is 8.75. The van der Waals surface area contributed by atoms with E-state index in [4.69, 9.17) is 16.3 Å². The van der Waals surface area contributed by atoms with E-state index >= 15 is 0 Å². The van der Waals surface area contributed by atoms with Crippen molar-refractivity contribution in [2.75, 3.05) is 26.3 Å². The van der Waals surface area contributed by atoms with Gasteiger partial charge in [0.2, 0.25) is 0 Å². The van der Waals surface area contributed by atoms with Crippen LogP contribution in [-0.2, 0) is 30.2 Å². The van der Waals surface area contributed by atoms with E-state index < -0.39 is 0 Å². The highest BCUT2D eigenvalue weighted by Crippen LogP contribution is 2.52. The topological polar surface area (TPSA) is 69.6 Å². The summed E-state index contributed by atoms with van der Waals surface area (Å²) in [4.78, 5) is 16.0. The first-order valence-corrected chi connectivity index (χ1v) is 13.0.